The van der Waals surface area contributed by atoms with Crippen molar-refractivity contribution < 1.29 is 0 Å². The van der Waals surface area contributed by atoms with Gasteiger partial charge >= 0.3 is 0 Å². The first-order valence-corrected chi connectivity index (χ1v) is 7.37. The number of hydrogen-bond acceptors (Lipinski definition) is 3. The summed E-state index contributed by atoms with van der Waals surface area (Å²) in [6.07, 6.45) is 3.80. The fourth-order valence-electron chi connectivity index (χ4n) is 3.05. The fraction of sp³-hybridized carbons (Fsp3) is 0.500. The lowest BCUT2D eigenvalue weighted by Gasteiger charge is -2.32. The van der Waals surface area contributed by atoms with Crippen LogP contribution < -0.4 is 5.56 Å². The molecule has 0 N–H and O–H groups in total. The van der Waals surface area contributed by atoms with E-state index in [1.54, 1.807) is 10.5 Å². The number of likely N-dealkylation sites (tertiary alicyclic amines) is 1. The van der Waals surface area contributed by atoms with Gasteiger partial charge in [0.05, 0.1) is 5.69 Å². The van der Waals surface area contributed by atoms with Gasteiger partial charge in [0.2, 0.25) is 0 Å². The molecular formula is C16H21N3O. The predicted molar refractivity (Wildman–Crippen MR) is 79.9 cm³/mol. The van der Waals surface area contributed by atoms with E-state index in [1.165, 1.54) is 19.3 Å². The third-order valence-electron chi connectivity index (χ3n) is 4.24. The lowest BCUT2D eigenvalue weighted by atomic mass is 10.0. The average Bonchev–Trinajstić information content (AvgIpc) is 2.41. The highest BCUT2D eigenvalue weighted by Crippen LogP contribution is 2.18. The molecule has 0 saturated carbocycles. The highest BCUT2D eigenvalue weighted by atomic mass is 16.1. The summed E-state index contributed by atoms with van der Waals surface area (Å²) in [5.74, 6) is 0. The van der Waals surface area contributed by atoms with Crippen LogP contribution in [0.1, 0.15) is 37.6 Å². The van der Waals surface area contributed by atoms with Crippen LogP contribution in [0, 0.1) is 6.92 Å². The van der Waals surface area contributed by atoms with Crippen molar-refractivity contribution in [2.45, 2.75) is 45.7 Å². The van der Waals surface area contributed by atoms with E-state index in [4.69, 9.17) is 0 Å². The second-order valence-corrected chi connectivity index (χ2v) is 5.76. The maximum Gasteiger partial charge on any atom is 0.258 e. The van der Waals surface area contributed by atoms with Crippen LogP contribution in [0.5, 0.6) is 0 Å². The maximum absolute atomic E-state index is 12.2. The Hall–Kier alpha value is -1.68. The molecule has 4 heteroatoms. The minimum Gasteiger partial charge on any atom is -0.295 e. The van der Waals surface area contributed by atoms with Crippen molar-refractivity contribution in [3.8, 4) is 0 Å². The van der Waals surface area contributed by atoms with Crippen molar-refractivity contribution in [1.82, 2.24) is 14.3 Å². The number of hydrogen-bond donors (Lipinski definition) is 0. The molecule has 3 rings (SSSR count). The molecule has 0 spiro atoms. The number of piperidine rings is 1. The van der Waals surface area contributed by atoms with Gasteiger partial charge in [0.15, 0.2) is 0 Å². The summed E-state index contributed by atoms with van der Waals surface area (Å²) in [5.41, 5.74) is 2.58. The number of aryl methyl sites for hydroxylation is 1. The standard InChI is InChI=1S/C16H21N3O/c1-12-6-3-4-9-18(12)11-14-10-16(20)19-13(2)7-5-8-15(19)17-14/h5,7-8,10,12H,3-4,6,9,11H2,1-2H3/t12-/m1/s1. The average molecular weight is 271 g/mol. The summed E-state index contributed by atoms with van der Waals surface area (Å²) in [6.45, 7) is 6.08. The molecule has 1 saturated heterocycles. The second-order valence-electron chi connectivity index (χ2n) is 5.76. The number of pyridine rings is 1. The number of rotatable bonds is 2. The Morgan fingerprint density at radius 3 is 3.00 bits per heavy atom. The smallest absolute Gasteiger partial charge is 0.258 e. The maximum atomic E-state index is 12.2. The first-order valence-electron chi connectivity index (χ1n) is 7.37. The van der Waals surface area contributed by atoms with Gasteiger partial charge in [-0.25, -0.2) is 4.98 Å². The third kappa shape index (κ3) is 2.48. The molecule has 0 unspecified atom stereocenters. The van der Waals surface area contributed by atoms with Crippen LogP contribution in [-0.4, -0.2) is 26.9 Å². The molecule has 0 aromatic carbocycles. The zero-order chi connectivity index (χ0) is 14.1. The lowest BCUT2D eigenvalue weighted by molar-refractivity contribution is 0.151. The zero-order valence-electron chi connectivity index (χ0n) is 12.2. The van der Waals surface area contributed by atoms with Gasteiger partial charge in [-0.3, -0.25) is 14.1 Å². The molecule has 4 nitrogen and oxygen atoms in total. The largest absolute Gasteiger partial charge is 0.295 e. The van der Waals surface area contributed by atoms with E-state index in [0.717, 1.165) is 30.1 Å². The van der Waals surface area contributed by atoms with Crippen LogP contribution in [0.3, 0.4) is 0 Å². The van der Waals surface area contributed by atoms with Crippen molar-refractivity contribution in [2.75, 3.05) is 6.54 Å². The normalized spacial score (nSPS) is 20.4. The lowest BCUT2D eigenvalue weighted by Crippen LogP contribution is -2.37. The van der Waals surface area contributed by atoms with E-state index in [1.807, 2.05) is 25.1 Å². The van der Waals surface area contributed by atoms with Crippen LogP contribution in [0.15, 0.2) is 29.1 Å². The molecule has 0 radical (unpaired) electrons. The molecule has 0 amide bonds. The topological polar surface area (TPSA) is 37.6 Å². The molecule has 1 fully saturated rings. The Morgan fingerprint density at radius 1 is 1.35 bits per heavy atom. The highest BCUT2D eigenvalue weighted by molar-refractivity contribution is 5.40. The summed E-state index contributed by atoms with van der Waals surface area (Å²) in [7, 11) is 0. The van der Waals surface area contributed by atoms with E-state index < -0.39 is 0 Å². The highest BCUT2D eigenvalue weighted by Gasteiger charge is 2.19. The minimum atomic E-state index is 0.0211. The van der Waals surface area contributed by atoms with Gasteiger partial charge in [0.25, 0.3) is 5.56 Å². The SMILES string of the molecule is Cc1cccc2nc(CN3CCCC[C@H]3C)cc(=O)n12. The van der Waals surface area contributed by atoms with Crippen molar-refractivity contribution in [3.63, 3.8) is 0 Å². The van der Waals surface area contributed by atoms with Crippen LogP contribution >= 0.6 is 0 Å². The Kier molecular flexibility index (Phi) is 3.57. The molecule has 2 aromatic rings. The molecular weight excluding hydrogens is 250 g/mol. The number of nitrogens with zero attached hydrogens (tertiary/aromatic N) is 3. The van der Waals surface area contributed by atoms with Crippen LogP contribution in [-0.2, 0) is 6.54 Å². The molecule has 106 valence electrons. The Balaban J connectivity index is 1.95. The van der Waals surface area contributed by atoms with Gasteiger partial charge in [-0.1, -0.05) is 12.5 Å². The number of fused-ring (bicyclic) bond motifs is 1. The first-order chi connectivity index (χ1) is 9.65. The predicted octanol–water partition coefficient (Wildman–Crippen LogP) is 2.38. The number of aromatic nitrogens is 2. The van der Waals surface area contributed by atoms with Gasteiger partial charge in [0, 0.05) is 24.3 Å². The van der Waals surface area contributed by atoms with Crippen LogP contribution in [0.4, 0.5) is 0 Å². The minimum absolute atomic E-state index is 0.0211. The summed E-state index contributed by atoms with van der Waals surface area (Å²) in [5, 5.41) is 0. The van der Waals surface area contributed by atoms with Crippen LogP contribution in [0.25, 0.3) is 5.65 Å². The molecule has 2 aromatic heterocycles. The van der Waals surface area contributed by atoms with E-state index in [0.29, 0.717) is 6.04 Å². The van der Waals surface area contributed by atoms with Gasteiger partial charge in [-0.15, -0.1) is 0 Å². The molecule has 20 heavy (non-hydrogen) atoms. The summed E-state index contributed by atoms with van der Waals surface area (Å²) in [6, 6.07) is 8.05. The molecule has 0 bridgehead atoms. The molecule has 1 atom stereocenters. The van der Waals surface area contributed by atoms with Gasteiger partial charge in [-0.2, -0.15) is 0 Å². The van der Waals surface area contributed by atoms with Crippen molar-refractivity contribution >= 4 is 5.65 Å². The second kappa shape index (κ2) is 5.37. The Labute approximate surface area is 119 Å². The van der Waals surface area contributed by atoms with Crippen molar-refractivity contribution in [1.29, 1.82) is 0 Å². The monoisotopic (exact) mass is 271 g/mol. The zero-order valence-corrected chi connectivity index (χ0v) is 12.2. The summed E-state index contributed by atoms with van der Waals surface area (Å²) in [4.78, 5) is 19.3. The van der Waals surface area contributed by atoms with Crippen molar-refractivity contribution in [2.24, 2.45) is 0 Å². The van der Waals surface area contributed by atoms with E-state index in [2.05, 4.69) is 16.8 Å². The quantitative estimate of drug-likeness (QED) is 0.841. The van der Waals surface area contributed by atoms with E-state index >= 15 is 0 Å². The molecule has 1 aliphatic heterocycles. The van der Waals surface area contributed by atoms with Gasteiger partial charge in [-0.05, 0) is 45.4 Å². The Bertz CT molecular complexity index is 677. The third-order valence-corrected chi connectivity index (χ3v) is 4.24. The van der Waals surface area contributed by atoms with E-state index in [-0.39, 0.29) is 5.56 Å². The summed E-state index contributed by atoms with van der Waals surface area (Å²) < 4.78 is 1.67. The summed E-state index contributed by atoms with van der Waals surface area (Å²) >= 11 is 0. The van der Waals surface area contributed by atoms with Crippen LogP contribution in [0.2, 0.25) is 0 Å². The fourth-order valence-corrected chi connectivity index (χ4v) is 3.05. The molecule has 3 heterocycles. The Morgan fingerprint density at radius 2 is 2.20 bits per heavy atom. The van der Waals surface area contributed by atoms with Gasteiger partial charge < -0.3 is 0 Å². The molecule has 1 aliphatic rings. The van der Waals surface area contributed by atoms with Crippen molar-refractivity contribution in [3.05, 3.63) is 46.0 Å². The molecule has 0 aliphatic carbocycles. The van der Waals surface area contributed by atoms with Gasteiger partial charge in [0.1, 0.15) is 5.65 Å². The van der Waals surface area contributed by atoms with E-state index in [9.17, 15) is 4.79 Å². The first kappa shape index (κ1) is 13.3.